The predicted octanol–water partition coefficient (Wildman–Crippen LogP) is 4.61. The van der Waals surface area contributed by atoms with Crippen molar-refractivity contribution >= 4 is 34.6 Å². The van der Waals surface area contributed by atoms with Crippen LogP contribution < -0.4 is 0 Å². The number of hydrogen-bond donors (Lipinski definition) is 0. The first-order chi connectivity index (χ1) is 8.49. The SMILES string of the molecule is C=C[C@@]1(C)CC(=O)[C@@H]1C(=C(Cl)Cl)c1ccccc1. The monoisotopic (exact) mass is 280 g/mol. The summed E-state index contributed by atoms with van der Waals surface area (Å²) in [6.07, 6.45) is 2.32. The Morgan fingerprint density at radius 2 is 2.00 bits per heavy atom. The van der Waals surface area contributed by atoms with Gasteiger partial charge in [-0.05, 0) is 5.56 Å². The first kappa shape index (κ1) is 13.4. The molecule has 0 aliphatic heterocycles. The van der Waals surface area contributed by atoms with Gasteiger partial charge in [-0.25, -0.2) is 0 Å². The van der Waals surface area contributed by atoms with E-state index in [-0.39, 0.29) is 21.6 Å². The Hall–Kier alpha value is -1.05. The summed E-state index contributed by atoms with van der Waals surface area (Å²) in [4.78, 5) is 11.9. The zero-order valence-corrected chi connectivity index (χ0v) is 11.6. The minimum atomic E-state index is -0.289. The maximum atomic E-state index is 11.9. The highest BCUT2D eigenvalue weighted by Crippen LogP contribution is 2.52. The third kappa shape index (κ3) is 2.13. The second-order valence-electron chi connectivity index (χ2n) is 4.83. The number of hydrogen-bond acceptors (Lipinski definition) is 1. The molecule has 0 amide bonds. The average Bonchev–Trinajstić information content (AvgIpc) is 2.36. The van der Waals surface area contributed by atoms with Crippen molar-refractivity contribution in [1.82, 2.24) is 0 Å². The lowest BCUT2D eigenvalue weighted by Gasteiger charge is -2.44. The maximum Gasteiger partial charge on any atom is 0.142 e. The lowest BCUT2D eigenvalue weighted by molar-refractivity contribution is -0.134. The maximum absolute atomic E-state index is 11.9. The number of halogens is 2. The normalized spacial score (nSPS) is 26.4. The van der Waals surface area contributed by atoms with Crippen LogP contribution in [0.15, 0.2) is 47.5 Å². The van der Waals surface area contributed by atoms with E-state index >= 15 is 0 Å². The molecule has 2 rings (SSSR count). The van der Waals surface area contributed by atoms with E-state index in [0.717, 1.165) is 5.56 Å². The molecular weight excluding hydrogens is 267 g/mol. The van der Waals surface area contributed by atoms with Crippen LogP contribution in [0.25, 0.3) is 5.57 Å². The van der Waals surface area contributed by atoms with E-state index in [4.69, 9.17) is 23.2 Å². The molecule has 1 fully saturated rings. The molecule has 3 heteroatoms. The van der Waals surface area contributed by atoms with E-state index in [1.54, 1.807) is 0 Å². The van der Waals surface area contributed by atoms with Gasteiger partial charge in [-0.3, -0.25) is 4.79 Å². The van der Waals surface area contributed by atoms with Crippen LogP contribution in [0.1, 0.15) is 18.9 Å². The number of allylic oxidation sites excluding steroid dienone is 2. The van der Waals surface area contributed by atoms with Gasteiger partial charge in [0.05, 0.1) is 5.92 Å². The Morgan fingerprint density at radius 1 is 1.39 bits per heavy atom. The number of carbonyl (C=O) groups excluding carboxylic acids is 1. The van der Waals surface area contributed by atoms with Gasteiger partial charge >= 0.3 is 0 Å². The molecule has 0 spiro atoms. The second-order valence-corrected chi connectivity index (χ2v) is 5.78. The number of ketones is 1. The molecule has 0 radical (unpaired) electrons. The van der Waals surface area contributed by atoms with E-state index in [2.05, 4.69) is 6.58 Å². The molecule has 1 aliphatic carbocycles. The fourth-order valence-electron chi connectivity index (χ4n) is 2.50. The minimum Gasteiger partial charge on any atom is -0.299 e. The third-order valence-corrected chi connectivity index (χ3v) is 3.99. The summed E-state index contributed by atoms with van der Waals surface area (Å²) in [6, 6.07) is 9.55. The third-order valence-electron chi connectivity index (χ3n) is 3.58. The van der Waals surface area contributed by atoms with Crippen LogP contribution in [0.5, 0.6) is 0 Å². The van der Waals surface area contributed by atoms with Crippen molar-refractivity contribution in [3.8, 4) is 0 Å². The summed E-state index contributed by atoms with van der Waals surface area (Å²) in [7, 11) is 0. The van der Waals surface area contributed by atoms with Crippen molar-refractivity contribution in [2.75, 3.05) is 0 Å². The van der Waals surface area contributed by atoms with Crippen LogP contribution in [-0.4, -0.2) is 5.78 Å². The first-order valence-electron chi connectivity index (χ1n) is 5.76. The fraction of sp³-hybridized carbons (Fsp3) is 0.267. The molecule has 1 saturated carbocycles. The smallest absolute Gasteiger partial charge is 0.142 e. The summed E-state index contributed by atoms with van der Waals surface area (Å²) in [5, 5.41) is 0. The highest BCUT2D eigenvalue weighted by atomic mass is 35.5. The largest absolute Gasteiger partial charge is 0.299 e. The molecule has 18 heavy (non-hydrogen) atoms. The number of carbonyl (C=O) groups is 1. The summed E-state index contributed by atoms with van der Waals surface area (Å²) < 4.78 is 0.160. The molecule has 0 N–H and O–H groups in total. The van der Waals surface area contributed by atoms with E-state index in [0.29, 0.717) is 12.0 Å². The van der Waals surface area contributed by atoms with Gasteiger partial charge in [0.15, 0.2) is 0 Å². The molecule has 1 nitrogen and oxygen atoms in total. The number of rotatable bonds is 3. The second kappa shape index (κ2) is 4.91. The molecular formula is C15H14Cl2O. The van der Waals surface area contributed by atoms with Gasteiger partial charge in [0.25, 0.3) is 0 Å². The van der Waals surface area contributed by atoms with Crippen LogP contribution >= 0.6 is 23.2 Å². The van der Waals surface area contributed by atoms with E-state index in [9.17, 15) is 4.79 Å². The molecule has 1 aromatic rings. The average molecular weight is 281 g/mol. The highest BCUT2D eigenvalue weighted by Gasteiger charge is 2.50. The number of benzene rings is 1. The van der Waals surface area contributed by atoms with Crippen molar-refractivity contribution in [1.29, 1.82) is 0 Å². The van der Waals surface area contributed by atoms with E-state index < -0.39 is 0 Å². The summed E-state index contributed by atoms with van der Waals surface area (Å²) in [6.45, 7) is 5.82. The molecule has 94 valence electrons. The van der Waals surface area contributed by atoms with E-state index in [1.807, 2.05) is 43.3 Å². The zero-order chi connectivity index (χ0) is 13.3. The van der Waals surface area contributed by atoms with Gasteiger partial charge in [-0.2, -0.15) is 0 Å². The molecule has 2 atom stereocenters. The Morgan fingerprint density at radius 3 is 2.44 bits per heavy atom. The zero-order valence-electron chi connectivity index (χ0n) is 10.1. The van der Waals surface area contributed by atoms with Gasteiger partial charge in [0, 0.05) is 17.4 Å². The summed E-state index contributed by atoms with van der Waals surface area (Å²) in [5.74, 6) is -0.127. The molecule has 1 aliphatic rings. The molecule has 0 saturated heterocycles. The summed E-state index contributed by atoms with van der Waals surface area (Å²) >= 11 is 12.0. The van der Waals surface area contributed by atoms with Crippen molar-refractivity contribution in [2.24, 2.45) is 11.3 Å². The predicted molar refractivity (Wildman–Crippen MR) is 76.5 cm³/mol. The summed E-state index contributed by atoms with van der Waals surface area (Å²) in [5.41, 5.74) is 1.35. The van der Waals surface area contributed by atoms with Crippen molar-refractivity contribution < 1.29 is 4.79 Å². The highest BCUT2D eigenvalue weighted by molar-refractivity contribution is 6.58. The molecule has 0 unspecified atom stereocenters. The van der Waals surface area contributed by atoms with Crippen molar-refractivity contribution in [2.45, 2.75) is 13.3 Å². The van der Waals surface area contributed by atoms with Crippen molar-refractivity contribution in [3.05, 3.63) is 53.0 Å². The van der Waals surface area contributed by atoms with Gasteiger partial charge in [0.2, 0.25) is 0 Å². The minimum absolute atomic E-state index is 0.160. The van der Waals surface area contributed by atoms with Crippen LogP contribution in [-0.2, 0) is 4.79 Å². The van der Waals surface area contributed by atoms with Crippen LogP contribution in [0.2, 0.25) is 0 Å². The molecule has 0 bridgehead atoms. The van der Waals surface area contributed by atoms with E-state index in [1.165, 1.54) is 0 Å². The Kier molecular flexibility index (Phi) is 3.65. The lowest BCUT2D eigenvalue weighted by Crippen LogP contribution is -2.45. The quantitative estimate of drug-likeness (QED) is 0.739. The Labute approximate surface area is 117 Å². The fourth-order valence-corrected chi connectivity index (χ4v) is 2.94. The van der Waals surface area contributed by atoms with Crippen LogP contribution in [0.3, 0.4) is 0 Å². The lowest BCUT2D eigenvalue weighted by atomic mass is 9.57. The van der Waals surface area contributed by atoms with Gasteiger partial charge < -0.3 is 0 Å². The molecule has 0 heterocycles. The van der Waals surface area contributed by atoms with Gasteiger partial charge in [-0.1, -0.05) is 66.5 Å². The molecule has 0 aromatic heterocycles. The standard InChI is InChI=1S/C15H14Cl2O/c1-3-15(2)9-11(18)13(15)12(14(16)17)10-7-5-4-6-8-10/h3-8,13H,1,9H2,2H3/t13-,15+/m1/s1. The Bertz CT molecular complexity index is 515. The van der Waals surface area contributed by atoms with Gasteiger partial charge in [0.1, 0.15) is 10.3 Å². The first-order valence-corrected chi connectivity index (χ1v) is 6.52. The van der Waals surface area contributed by atoms with Crippen LogP contribution in [0, 0.1) is 11.3 Å². The van der Waals surface area contributed by atoms with Gasteiger partial charge in [-0.15, -0.1) is 6.58 Å². The van der Waals surface area contributed by atoms with Crippen LogP contribution in [0.4, 0.5) is 0 Å². The molecule has 1 aromatic carbocycles. The number of Topliss-reactive ketones (excluding diaryl/α,β-unsaturated/α-hetero) is 1. The topological polar surface area (TPSA) is 17.1 Å². The Balaban J connectivity index is 2.49. The van der Waals surface area contributed by atoms with Crippen molar-refractivity contribution in [3.63, 3.8) is 0 Å².